The van der Waals surface area contributed by atoms with Gasteiger partial charge in [0.1, 0.15) is 17.2 Å². The molecule has 210 valence electrons. The van der Waals surface area contributed by atoms with Crippen LogP contribution in [-0.4, -0.2) is 80.6 Å². The molecule has 1 saturated heterocycles. The van der Waals surface area contributed by atoms with E-state index in [4.69, 9.17) is 27.1 Å². The lowest BCUT2D eigenvalue weighted by Gasteiger charge is -2.22. The molecule has 0 radical (unpaired) electrons. The van der Waals surface area contributed by atoms with E-state index in [-0.39, 0.29) is 42.4 Å². The third-order valence-electron chi connectivity index (χ3n) is 7.30. The molecule has 1 aliphatic heterocycles. The van der Waals surface area contributed by atoms with E-state index in [0.717, 1.165) is 29.7 Å². The molecule has 11 nitrogen and oxygen atoms in total. The van der Waals surface area contributed by atoms with Crippen molar-refractivity contribution < 1.29 is 19.4 Å². The molecule has 1 aromatic carbocycles. The average molecular weight is 566 g/mol. The maximum atomic E-state index is 12.6. The smallest absolute Gasteiger partial charge is 0.255 e. The Morgan fingerprint density at radius 2 is 2.10 bits per heavy atom. The molecule has 2 aromatic heterocycles. The number of aryl methyl sites for hydroxylation is 1. The molecule has 0 spiro atoms. The number of likely N-dealkylation sites (tertiary alicyclic amines) is 1. The highest BCUT2D eigenvalue weighted by Gasteiger charge is 2.38. The lowest BCUT2D eigenvalue weighted by molar-refractivity contribution is -0.127. The first-order valence-electron chi connectivity index (χ1n) is 13.2. The van der Waals surface area contributed by atoms with Gasteiger partial charge < -0.3 is 30.4 Å². The van der Waals surface area contributed by atoms with Crippen LogP contribution in [0, 0.1) is 18.8 Å². The third-order valence-corrected chi connectivity index (χ3v) is 7.61. The van der Waals surface area contributed by atoms with Crippen LogP contribution in [0.3, 0.4) is 0 Å². The second kappa shape index (κ2) is 11.3. The van der Waals surface area contributed by atoms with Crippen molar-refractivity contribution in [2.24, 2.45) is 5.73 Å². The third kappa shape index (κ3) is 5.18. The SMILES string of the molecule is C=CC(=O)N1C[C@@H](n2nc(C#Cc3cc4nc(C)n(C5CC5)c4cc3Cl)c(C(N)=O)c2NCCO)C[C@@H]1COC. The number of carbonyl (C=O) groups excluding carboxylic acids is 2. The summed E-state index contributed by atoms with van der Waals surface area (Å²) >= 11 is 6.63. The number of aliphatic hydroxyl groups excluding tert-OH is 1. The fourth-order valence-electron chi connectivity index (χ4n) is 5.42. The van der Waals surface area contributed by atoms with Gasteiger partial charge >= 0.3 is 0 Å². The molecule has 0 bridgehead atoms. The van der Waals surface area contributed by atoms with E-state index < -0.39 is 5.91 Å². The van der Waals surface area contributed by atoms with Gasteiger partial charge in [0, 0.05) is 31.8 Å². The van der Waals surface area contributed by atoms with Crippen molar-refractivity contribution in [3.63, 3.8) is 0 Å². The molecular weight excluding hydrogens is 534 g/mol. The van der Waals surface area contributed by atoms with Gasteiger partial charge in [-0.25, -0.2) is 9.67 Å². The van der Waals surface area contributed by atoms with Gasteiger partial charge in [0.2, 0.25) is 5.91 Å². The van der Waals surface area contributed by atoms with Crippen molar-refractivity contribution >= 4 is 40.3 Å². The number of nitrogens with zero attached hydrogens (tertiary/aromatic N) is 5. The molecule has 3 aromatic rings. The average Bonchev–Trinajstić information content (AvgIpc) is 3.43. The van der Waals surface area contributed by atoms with Crippen molar-refractivity contribution in [3.05, 3.63) is 52.5 Å². The fraction of sp³-hybridized carbons (Fsp3) is 0.429. The van der Waals surface area contributed by atoms with Crippen LogP contribution in [0.25, 0.3) is 11.0 Å². The minimum Gasteiger partial charge on any atom is -0.395 e. The van der Waals surface area contributed by atoms with Crippen LogP contribution >= 0.6 is 11.6 Å². The normalized spacial score (nSPS) is 18.6. The van der Waals surface area contributed by atoms with Crippen LogP contribution in [0.1, 0.15) is 58.8 Å². The Morgan fingerprint density at radius 3 is 2.75 bits per heavy atom. The second-order valence-corrected chi connectivity index (χ2v) is 10.5. The highest BCUT2D eigenvalue weighted by atomic mass is 35.5. The zero-order valence-electron chi connectivity index (χ0n) is 22.5. The van der Waals surface area contributed by atoms with E-state index in [1.807, 2.05) is 19.1 Å². The summed E-state index contributed by atoms with van der Waals surface area (Å²) in [5.41, 5.74) is 8.38. The van der Waals surface area contributed by atoms with E-state index in [1.54, 1.807) is 16.7 Å². The Hall–Kier alpha value is -3.85. The second-order valence-electron chi connectivity index (χ2n) is 10.1. The zero-order chi connectivity index (χ0) is 28.6. The predicted octanol–water partition coefficient (Wildman–Crippen LogP) is 2.41. The first-order chi connectivity index (χ1) is 19.3. The van der Waals surface area contributed by atoms with Crippen LogP contribution in [0.15, 0.2) is 24.8 Å². The topological polar surface area (TPSA) is 141 Å². The Balaban J connectivity index is 1.55. The largest absolute Gasteiger partial charge is 0.395 e. The number of methoxy groups -OCH3 is 1. The Bertz CT molecular complexity index is 1550. The minimum atomic E-state index is -0.721. The van der Waals surface area contributed by atoms with Crippen LogP contribution < -0.4 is 11.1 Å². The highest BCUT2D eigenvalue weighted by Crippen LogP contribution is 2.39. The number of nitrogens with one attached hydrogen (secondary N) is 1. The maximum absolute atomic E-state index is 12.6. The summed E-state index contributed by atoms with van der Waals surface area (Å²) < 4.78 is 9.17. The van der Waals surface area contributed by atoms with Gasteiger partial charge in [-0.15, -0.1) is 0 Å². The number of imidazole rings is 1. The van der Waals surface area contributed by atoms with Crippen LogP contribution in [0.5, 0.6) is 0 Å². The maximum Gasteiger partial charge on any atom is 0.255 e. The van der Waals surface area contributed by atoms with E-state index in [2.05, 4.69) is 33.4 Å². The van der Waals surface area contributed by atoms with Gasteiger partial charge in [-0.05, 0) is 50.3 Å². The molecule has 2 aliphatic rings. The summed E-state index contributed by atoms with van der Waals surface area (Å²) in [6.45, 7) is 6.23. The number of primary amides is 1. The number of nitrogens with two attached hydrogens (primary N) is 1. The van der Waals surface area contributed by atoms with E-state index in [0.29, 0.717) is 42.0 Å². The number of halogens is 1. The number of carbonyl (C=O) groups is 2. The van der Waals surface area contributed by atoms with Gasteiger partial charge in [-0.1, -0.05) is 24.1 Å². The number of fused-ring (bicyclic) bond motifs is 1. The number of anilines is 1. The Kier molecular flexibility index (Phi) is 7.85. The summed E-state index contributed by atoms with van der Waals surface area (Å²) in [7, 11) is 1.57. The lowest BCUT2D eigenvalue weighted by atomic mass is 10.1. The van der Waals surface area contributed by atoms with Gasteiger partial charge in [-0.2, -0.15) is 5.10 Å². The Labute approximate surface area is 236 Å². The molecule has 2 fully saturated rings. The first-order valence-corrected chi connectivity index (χ1v) is 13.5. The number of hydrogen-bond donors (Lipinski definition) is 3. The van der Waals surface area contributed by atoms with Gasteiger partial charge in [0.05, 0.1) is 41.4 Å². The molecule has 40 heavy (non-hydrogen) atoms. The number of aliphatic hydroxyl groups is 1. The van der Waals surface area contributed by atoms with Gasteiger partial charge in [0.25, 0.3) is 5.91 Å². The summed E-state index contributed by atoms with van der Waals surface area (Å²) in [5.74, 6) is 6.37. The van der Waals surface area contributed by atoms with Crippen LogP contribution in [0.4, 0.5) is 5.82 Å². The van der Waals surface area contributed by atoms with Crippen molar-refractivity contribution in [1.82, 2.24) is 24.2 Å². The lowest BCUT2D eigenvalue weighted by Crippen LogP contribution is -2.37. The summed E-state index contributed by atoms with van der Waals surface area (Å²) in [5, 5.41) is 17.7. The molecule has 12 heteroatoms. The molecule has 2 atom stereocenters. The molecule has 1 saturated carbocycles. The van der Waals surface area contributed by atoms with Crippen molar-refractivity contribution in [1.29, 1.82) is 0 Å². The number of hydrogen-bond acceptors (Lipinski definition) is 7. The van der Waals surface area contributed by atoms with Crippen molar-refractivity contribution in [2.45, 2.75) is 44.3 Å². The van der Waals surface area contributed by atoms with Crippen LogP contribution in [0.2, 0.25) is 5.02 Å². The van der Waals surface area contributed by atoms with E-state index in [9.17, 15) is 14.7 Å². The summed E-state index contributed by atoms with van der Waals surface area (Å²) in [6, 6.07) is 3.68. The molecule has 5 rings (SSSR count). The highest BCUT2D eigenvalue weighted by molar-refractivity contribution is 6.32. The number of ether oxygens (including phenoxy) is 1. The van der Waals surface area contributed by atoms with Gasteiger partial charge in [0.15, 0.2) is 5.69 Å². The van der Waals surface area contributed by atoms with E-state index >= 15 is 0 Å². The number of rotatable bonds is 9. The summed E-state index contributed by atoms with van der Waals surface area (Å²) in [6.07, 6.45) is 4.05. The van der Waals surface area contributed by atoms with Crippen molar-refractivity contribution in [3.8, 4) is 11.8 Å². The molecule has 2 amide bonds. The number of aromatic nitrogens is 4. The quantitative estimate of drug-likeness (QED) is 0.267. The standard InChI is InChI=1S/C28H32ClN7O4/c1-4-25(38)34-14-19(12-20(34)15-40-3)36-28(31-9-10-37)26(27(30)39)22(33-36)8-5-17-11-23-24(13-21(17)29)35(16(2)32-23)18-6-7-18/h4,11,13,18-20,31,37H,1,6-7,9-10,12,14-15H2,2-3H3,(H2,30,39)/t19-,20+/m0/s1. The minimum absolute atomic E-state index is 0.101. The van der Waals surface area contributed by atoms with E-state index in [1.165, 1.54) is 6.08 Å². The number of benzene rings is 1. The first kappa shape index (κ1) is 27.7. The monoisotopic (exact) mass is 565 g/mol. The fourth-order valence-corrected chi connectivity index (χ4v) is 5.63. The van der Waals surface area contributed by atoms with Crippen LogP contribution in [-0.2, 0) is 9.53 Å². The molecule has 0 unspecified atom stereocenters. The Morgan fingerprint density at radius 1 is 1.32 bits per heavy atom. The molecule has 4 N–H and O–H groups in total. The number of amides is 2. The predicted molar refractivity (Wildman–Crippen MR) is 151 cm³/mol. The summed E-state index contributed by atoms with van der Waals surface area (Å²) in [4.78, 5) is 31.5. The van der Waals surface area contributed by atoms with Crippen molar-refractivity contribution in [2.75, 3.05) is 38.7 Å². The molecule has 1 aliphatic carbocycles. The zero-order valence-corrected chi connectivity index (χ0v) is 23.2. The molecule has 3 heterocycles. The molecular formula is C28H32ClN7O4. The van der Waals surface area contributed by atoms with Gasteiger partial charge in [-0.3, -0.25) is 9.59 Å².